The average molecular weight is 311 g/mol. The maximum atomic E-state index is 12.8. The summed E-state index contributed by atoms with van der Waals surface area (Å²) in [6, 6.07) is 9.41. The van der Waals surface area contributed by atoms with Crippen LogP contribution in [0.2, 0.25) is 0 Å². The van der Waals surface area contributed by atoms with Gasteiger partial charge in [-0.15, -0.1) is 0 Å². The zero-order valence-corrected chi connectivity index (χ0v) is 12.6. The second kappa shape index (κ2) is 5.62. The molecule has 2 amide bonds. The van der Waals surface area contributed by atoms with Crippen molar-refractivity contribution >= 4 is 22.7 Å². The van der Waals surface area contributed by atoms with Crippen molar-refractivity contribution in [2.45, 2.75) is 6.04 Å². The first-order chi connectivity index (χ1) is 11.2. The molecular weight excluding hydrogens is 294 g/mol. The molecule has 1 aromatic carbocycles. The van der Waals surface area contributed by atoms with E-state index >= 15 is 0 Å². The Morgan fingerprint density at radius 2 is 2.13 bits per heavy atom. The van der Waals surface area contributed by atoms with Gasteiger partial charge in [0, 0.05) is 24.7 Å². The van der Waals surface area contributed by atoms with Gasteiger partial charge in [-0.25, -0.2) is 0 Å². The molecule has 0 saturated carbocycles. The van der Waals surface area contributed by atoms with Crippen molar-refractivity contribution in [1.29, 1.82) is 0 Å². The molecule has 6 heteroatoms. The smallest absolute Gasteiger partial charge is 0.255 e. The lowest BCUT2D eigenvalue weighted by molar-refractivity contribution is -0.125. The molecule has 2 bridgehead atoms. The van der Waals surface area contributed by atoms with E-state index in [0.29, 0.717) is 31.9 Å². The van der Waals surface area contributed by atoms with Crippen molar-refractivity contribution in [3.8, 4) is 0 Å². The summed E-state index contributed by atoms with van der Waals surface area (Å²) in [5.74, 6) is -0.420. The molecule has 2 aromatic rings. The van der Waals surface area contributed by atoms with Crippen LogP contribution in [0, 0.1) is 5.92 Å². The Kier molecular flexibility index (Phi) is 3.46. The highest BCUT2D eigenvalue weighted by atomic mass is 16.5. The van der Waals surface area contributed by atoms with Gasteiger partial charge in [0.1, 0.15) is 0 Å². The third-order valence-electron chi connectivity index (χ3n) is 4.36. The summed E-state index contributed by atoms with van der Waals surface area (Å²) in [4.78, 5) is 31.0. The first-order valence-electron chi connectivity index (χ1n) is 7.73. The summed E-state index contributed by atoms with van der Waals surface area (Å²) >= 11 is 0. The number of hydrogen-bond donors (Lipinski definition) is 1. The molecule has 6 nitrogen and oxygen atoms in total. The monoisotopic (exact) mass is 311 g/mol. The molecule has 1 aromatic heterocycles. The Hall–Kier alpha value is -2.47. The van der Waals surface area contributed by atoms with E-state index in [0.717, 1.165) is 10.9 Å². The van der Waals surface area contributed by atoms with Crippen LogP contribution < -0.4 is 5.32 Å². The number of aromatic nitrogens is 1. The van der Waals surface area contributed by atoms with Gasteiger partial charge in [0.05, 0.1) is 36.3 Å². The molecule has 0 radical (unpaired) electrons. The minimum atomic E-state index is -0.306. The standard InChI is InChI=1S/C17H17N3O3/c21-16-13-7-20(8-14(19-16)10-23-9-13)17(22)12-5-11-3-1-2-4-15(11)18-6-12/h1-6,13-14H,7-10H2,(H,19,21)/t13-,14+/m1/s1. The number of rotatable bonds is 1. The molecular formula is C17H17N3O3. The predicted molar refractivity (Wildman–Crippen MR) is 83.9 cm³/mol. The number of fused-ring (bicyclic) bond motifs is 4. The van der Waals surface area contributed by atoms with Gasteiger partial charge in [0.2, 0.25) is 5.91 Å². The van der Waals surface area contributed by atoms with Crippen LogP contribution in [0.5, 0.6) is 0 Å². The van der Waals surface area contributed by atoms with Crippen molar-refractivity contribution in [2.24, 2.45) is 5.92 Å². The van der Waals surface area contributed by atoms with E-state index < -0.39 is 0 Å². The molecule has 0 spiro atoms. The largest absolute Gasteiger partial charge is 0.378 e. The van der Waals surface area contributed by atoms with E-state index in [-0.39, 0.29) is 23.8 Å². The van der Waals surface area contributed by atoms with Crippen molar-refractivity contribution in [3.05, 3.63) is 42.1 Å². The van der Waals surface area contributed by atoms with E-state index in [1.165, 1.54) is 0 Å². The fourth-order valence-electron chi connectivity index (χ4n) is 3.17. The number of carbonyl (C=O) groups is 2. The van der Waals surface area contributed by atoms with E-state index in [2.05, 4.69) is 10.3 Å². The minimum Gasteiger partial charge on any atom is -0.378 e. The molecule has 2 aliphatic rings. The van der Waals surface area contributed by atoms with Crippen LogP contribution in [0.15, 0.2) is 36.5 Å². The molecule has 4 rings (SSSR count). The summed E-state index contributed by atoms with van der Waals surface area (Å²) in [5, 5.41) is 3.87. The number of amides is 2. The maximum Gasteiger partial charge on any atom is 0.255 e. The van der Waals surface area contributed by atoms with Crippen LogP contribution in [0.25, 0.3) is 10.9 Å². The number of para-hydroxylation sites is 1. The maximum absolute atomic E-state index is 12.8. The third-order valence-corrected chi connectivity index (χ3v) is 4.36. The van der Waals surface area contributed by atoms with E-state index in [9.17, 15) is 9.59 Å². The quantitative estimate of drug-likeness (QED) is 0.846. The molecule has 118 valence electrons. The van der Waals surface area contributed by atoms with E-state index in [1.54, 1.807) is 11.1 Å². The number of benzene rings is 1. The zero-order chi connectivity index (χ0) is 15.8. The second-order valence-corrected chi connectivity index (χ2v) is 6.07. The van der Waals surface area contributed by atoms with Crippen LogP contribution >= 0.6 is 0 Å². The number of hydrogen-bond acceptors (Lipinski definition) is 4. The Morgan fingerprint density at radius 1 is 1.26 bits per heavy atom. The lowest BCUT2D eigenvalue weighted by Crippen LogP contribution is -2.44. The molecule has 1 N–H and O–H groups in total. The Morgan fingerprint density at radius 3 is 3.04 bits per heavy atom. The topological polar surface area (TPSA) is 71.5 Å². The normalized spacial score (nSPS) is 24.2. The third kappa shape index (κ3) is 2.66. The molecule has 0 unspecified atom stereocenters. The SMILES string of the molecule is O=C1N[C@@H]2COC[C@H]1CN(C(=O)c1cnc3ccccc3c1)C2. The van der Waals surface area contributed by atoms with Crippen LogP contribution in [0.3, 0.4) is 0 Å². The Labute approximate surface area is 133 Å². The summed E-state index contributed by atoms with van der Waals surface area (Å²) in [6.07, 6.45) is 1.61. The van der Waals surface area contributed by atoms with Gasteiger partial charge in [-0.05, 0) is 12.1 Å². The number of nitrogens with zero attached hydrogens (tertiary/aromatic N) is 2. The zero-order valence-electron chi connectivity index (χ0n) is 12.6. The highest BCUT2D eigenvalue weighted by molar-refractivity contribution is 5.97. The van der Waals surface area contributed by atoms with Crippen LogP contribution in [-0.4, -0.2) is 54.0 Å². The summed E-state index contributed by atoms with van der Waals surface area (Å²) < 4.78 is 5.49. The van der Waals surface area contributed by atoms with Crippen LogP contribution in [-0.2, 0) is 9.53 Å². The average Bonchev–Trinajstić information content (AvgIpc) is 2.82. The van der Waals surface area contributed by atoms with Gasteiger partial charge < -0.3 is 15.0 Å². The molecule has 2 fully saturated rings. The van der Waals surface area contributed by atoms with Gasteiger partial charge in [0.25, 0.3) is 5.91 Å². The number of ether oxygens (including phenoxy) is 1. The molecule has 2 aliphatic heterocycles. The number of pyridine rings is 1. The first kappa shape index (κ1) is 14.1. The van der Waals surface area contributed by atoms with Gasteiger partial charge in [-0.3, -0.25) is 14.6 Å². The van der Waals surface area contributed by atoms with Crippen molar-refractivity contribution in [1.82, 2.24) is 15.2 Å². The van der Waals surface area contributed by atoms with Crippen molar-refractivity contribution < 1.29 is 14.3 Å². The summed E-state index contributed by atoms with van der Waals surface area (Å²) in [7, 11) is 0. The molecule has 3 heterocycles. The van der Waals surface area contributed by atoms with Gasteiger partial charge in [-0.2, -0.15) is 0 Å². The Balaban J connectivity index is 1.63. The minimum absolute atomic E-state index is 0.0283. The molecule has 2 saturated heterocycles. The van der Waals surface area contributed by atoms with Gasteiger partial charge in [0.15, 0.2) is 0 Å². The highest BCUT2D eigenvalue weighted by Crippen LogP contribution is 2.18. The molecule has 2 atom stereocenters. The fourth-order valence-corrected chi connectivity index (χ4v) is 3.17. The summed E-state index contributed by atoms with van der Waals surface area (Å²) in [6.45, 7) is 1.66. The van der Waals surface area contributed by atoms with Crippen molar-refractivity contribution in [2.75, 3.05) is 26.3 Å². The second-order valence-electron chi connectivity index (χ2n) is 6.07. The highest BCUT2D eigenvalue weighted by Gasteiger charge is 2.35. The molecule has 23 heavy (non-hydrogen) atoms. The fraction of sp³-hybridized carbons (Fsp3) is 0.353. The van der Waals surface area contributed by atoms with Crippen molar-refractivity contribution in [3.63, 3.8) is 0 Å². The van der Waals surface area contributed by atoms with Crippen LogP contribution in [0.4, 0.5) is 0 Å². The lowest BCUT2D eigenvalue weighted by Gasteiger charge is -2.27. The first-order valence-corrected chi connectivity index (χ1v) is 7.73. The number of nitrogens with one attached hydrogen (secondary N) is 1. The van der Waals surface area contributed by atoms with Gasteiger partial charge in [-0.1, -0.05) is 18.2 Å². The number of carbonyl (C=O) groups excluding carboxylic acids is 2. The Bertz CT molecular complexity index is 777. The summed E-state index contributed by atoms with van der Waals surface area (Å²) in [5.41, 5.74) is 1.42. The predicted octanol–water partition coefficient (Wildman–Crippen LogP) is 0.822. The van der Waals surface area contributed by atoms with Crippen LogP contribution in [0.1, 0.15) is 10.4 Å². The van der Waals surface area contributed by atoms with E-state index in [4.69, 9.17) is 4.74 Å². The van der Waals surface area contributed by atoms with E-state index in [1.807, 2.05) is 30.3 Å². The van der Waals surface area contributed by atoms with Gasteiger partial charge >= 0.3 is 0 Å². The lowest BCUT2D eigenvalue weighted by atomic mass is 10.1. The molecule has 0 aliphatic carbocycles.